The standard InChI is InChI=1S/C12H15BrN2OS/c1-2-5-15-8-14-7-10(15)11(16)6-9-3-4-12(13)17-9/h3-4,7-8,11,16H,2,5-6H2,1H3. The van der Waals surface area contributed by atoms with Crippen LogP contribution in [-0.2, 0) is 13.0 Å². The molecule has 2 aromatic rings. The van der Waals surface area contributed by atoms with Crippen LogP contribution >= 0.6 is 27.3 Å². The highest BCUT2D eigenvalue weighted by atomic mass is 79.9. The number of imidazole rings is 1. The number of hydrogen-bond acceptors (Lipinski definition) is 3. The summed E-state index contributed by atoms with van der Waals surface area (Å²) in [6.45, 7) is 3.02. The van der Waals surface area contributed by atoms with Crippen LogP contribution in [0.2, 0.25) is 0 Å². The lowest BCUT2D eigenvalue weighted by atomic mass is 10.1. The normalized spacial score (nSPS) is 12.9. The largest absolute Gasteiger partial charge is 0.386 e. The number of halogens is 1. The van der Waals surface area contributed by atoms with Gasteiger partial charge in [0.05, 0.1) is 22.0 Å². The van der Waals surface area contributed by atoms with Crippen LogP contribution in [-0.4, -0.2) is 14.7 Å². The van der Waals surface area contributed by atoms with Gasteiger partial charge in [-0.15, -0.1) is 11.3 Å². The Morgan fingerprint density at radius 1 is 1.53 bits per heavy atom. The van der Waals surface area contributed by atoms with Crippen molar-refractivity contribution in [1.82, 2.24) is 9.55 Å². The minimum Gasteiger partial charge on any atom is -0.386 e. The summed E-state index contributed by atoms with van der Waals surface area (Å²) in [7, 11) is 0. The van der Waals surface area contributed by atoms with Crippen molar-refractivity contribution < 1.29 is 5.11 Å². The molecule has 2 rings (SSSR count). The Hall–Kier alpha value is -0.650. The molecule has 3 nitrogen and oxygen atoms in total. The third-order valence-electron chi connectivity index (χ3n) is 2.57. The summed E-state index contributed by atoms with van der Waals surface area (Å²) in [5.41, 5.74) is 0.899. The Bertz CT molecular complexity index is 480. The highest BCUT2D eigenvalue weighted by Gasteiger charge is 2.14. The van der Waals surface area contributed by atoms with Crippen LogP contribution in [0.4, 0.5) is 0 Å². The van der Waals surface area contributed by atoms with Crippen molar-refractivity contribution in [2.75, 3.05) is 0 Å². The SMILES string of the molecule is CCCn1cncc1C(O)Cc1ccc(Br)s1. The van der Waals surface area contributed by atoms with E-state index in [0.29, 0.717) is 6.42 Å². The van der Waals surface area contributed by atoms with Crippen LogP contribution in [0.1, 0.15) is 30.0 Å². The maximum Gasteiger partial charge on any atom is 0.100 e. The third kappa shape index (κ3) is 3.18. The lowest BCUT2D eigenvalue weighted by Crippen LogP contribution is -2.08. The van der Waals surface area contributed by atoms with Crippen molar-refractivity contribution in [1.29, 1.82) is 0 Å². The summed E-state index contributed by atoms with van der Waals surface area (Å²) >= 11 is 5.09. The van der Waals surface area contributed by atoms with Gasteiger partial charge in [-0.1, -0.05) is 6.92 Å². The fourth-order valence-corrected chi connectivity index (χ4v) is 3.31. The Kier molecular flexibility index (Phi) is 4.36. The van der Waals surface area contributed by atoms with Crippen molar-refractivity contribution in [2.45, 2.75) is 32.4 Å². The van der Waals surface area contributed by atoms with Gasteiger partial charge < -0.3 is 9.67 Å². The predicted molar refractivity (Wildman–Crippen MR) is 73.2 cm³/mol. The van der Waals surface area contributed by atoms with Crippen molar-refractivity contribution in [3.05, 3.63) is 39.0 Å². The van der Waals surface area contributed by atoms with E-state index in [0.717, 1.165) is 22.4 Å². The number of aliphatic hydroxyl groups is 1. The van der Waals surface area contributed by atoms with Crippen molar-refractivity contribution in [3.8, 4) is 0 Å². The van der Waals surface area contributed by atoms with Crippen LogP contribution in [0, 0.1) is 0 Å². The number of thiophene rings is 1. The quantitative estimate of drug-likeness (QED) is 0.918. The predicted octanol–water partition coefficient (Wildman–Crippen LogP) is 3.39. The monoisotopic (exact) mass is 314 g/mol. The molecule has 0 aliphatic carbocycles. The molecule has 0 radical (unpaired) electrons. The summed E-state index contributed by atoms with van der Waals surface area (Å²) in [5, 5.41) is 10.2. The summed E-state index contributed by atoms with van der Waals surface area (Å²) in [6, 6.07) is 4.05. The fourth-order valence-electron chi connectivity index (χ4n) is 1.79. The molecule has 0 saturated carbocycles. The summed E-state index contributed by atoms with van der Waals surface area (Å²) in [6.07, 6.45) is 4.75. The molecule has 2 heterocycles. The Balaban J connectivity index is 2.08. The smallest absolute Gasteiger partial charge is 0.100 e. The Morgan fingerprint density at radius 3 is 3.00 bits per heavy atom. The van der Waals surface area contributed by atoms with Crippen LogP contribution in [0.15, 0.2) is 28.4 Å². The Morgan fingerprint density at radius 2 is 2.35 bits per heavy atom. The number of aryl methyl sites for hydroxylation is 1. The van der Waals surface area contributed by atoms with Crippen LogP contribution in [0.5, 0.6) is 0 Å². The van der Waals surface area contributed by atoms with Gasteiger partial charge in [0.2, 0.25) is 0 Å². The van der Waals surface area contributed by atoms with Gasteiger partial charge >= 0.3 is 0 Å². The van der Waals surface area contributed by atoms with Crippen molar-refractivity contribution in [2.24, 2.45) is 0 Å². The molecule has 0 fully saturated rings. The van der Waals surface area contributed by atoms with Gasteiger partial charge in [0, 0.05) is 17.8 Å². The average molecular weight is 315 g/mol. The van der Waals surface area contributed by atoms with Gasteiger partial charge in [0.15, 0.2) is 0 Å². The number of aliphatic hydroxyl groups excluding tert-OH is 1. The molecule has 0 amide bonds. The second kappa shape index (κ2) is 5.80. The zero-order valence-corrected chi connectivity index (χ0v) is 12.0. The topological polar surface area (TPSA) is 38.0 Å². The molecule has 1 atom stereocenters. The van der Waals surface area contributed by atoms with Crippen LogP contribution in [0.3, 0.4) is 0 Å². The maximum atomic E-state index is 10.2. The minimum absolute atomic E-state index is 0.477. The summed E-state index contributed by atoms with van der Waals surface area (Å²) in [4.78, 5) is 5.28. The zero-order chi connectivity index (χ0) is 12.3. The van der Waals surface area contributed by atoms with Gasteiger partial charge in [-0.2, -0.15) is 0 Å². The molecule has 5 heteroatoms. The molecule has 0 bridgehead atoms. The second-order valence-electron chi connectivity index (χ2n) is 3.94. The summed E-state index contributed by atoms with van der Waals surface area (Å²) in [5.74, 6) is 0. The molecule has 92 valence electrons. The van der Waals surface area contributed by atoms with E-state index in [1.54, 1.807) is 23.9 Å². The lowest BCUT2D eigenvalue weighted by Gasteiger charge is -2.12. The first kappa shape index (κ1) is 12.8. The minimum atomic E-state index is -0.477. The van der Waals surface area contributed by atoms with Gasteiger partial charge in [0.1, 0.15) is 6.10 Å². The molecule has 1 N–H and O–H groups in total. The van der Waals surface area contributed by atoms with E-state index in [9.17, 15) is 5.11 Å². The lowest BCUT2D eigenvalue weighted by molar-refractivity contribution is 0.169. The number of hydrogen-bond donors (Lipinski definition) is 1. The molecule has 0 spiro atoms. The molecule has 0 aliphatic rings. The molecular formula is C12H15BrN2OS. The number of nitrogens with zero attached hydrogens (tertiary/aromatic N) is 2. The van der Waals surface area contributed by atoms with E-state index < -0.39 is 6.10 Å². The fraction of sp³-hybridized carbons (Fsp3) is 0.417. The first-order valence-corrected chi connectivity index (χ1v) is 7.24. The van der Waals surface area contributed by atoms with Gasteiger partial charge in [-0.05, 0) is 34.5 Å². The molecule has 17 heavy (non-hydrogen) atoms. The Labute approximate surface area is 113 Å². The van der Waals surface area contributed by atoms with Crippen molar-refractivity contribution >= 4 is 27.3 Å². The van der Waals surface area contributed by atoms with E-state index in [-0.39, 0.29) is 0 Å². The first-order valence-electron chi connectivity index (χ1n) is 5.63. The third-order valence-corrected chi connectivity index (χ3v) is 4.22. The molecule has 1 unspecified atom stereocenters. The van der Waals surface area contributed by atoms with Crippen LogP contribution in [0.25, 0.3) is 0 Å². The van der Waals surface area contributed by atoms with E-state index in [4.69, 9.17) is 0 Å². The van der Waals surface area contributed by atoms with E-state index in [1.807, 2.05) is 16.7 Å². The van der Waals surface area contributed by atoms with Crippen LogP contribution < -0.4 is 0 Å². The number of rotatable bonds is 5. The van der Waals surface area contributed by atoms with E-state index in [1.165, 1.54) is 4.88 Å². The van der Waals surface area contributed by atoms with E-state index >= 15 is 0 Å². The maximum absolute atomic E-state index is 10.2. The van der Waals surface area contributed by atoms with Crippen molar-refractivity contribution in [3.63, 3.8) is 0 Å². The van der Waals surface area contributed by atoms with Gasteiger partial charge in [0.25, 0.3) is 0 Å². The molecule has 2 aromatic heterocycles. The highest BCUT2D eigenvalue weighted by Crippen LogP contribution is 2.26. The van der Waals surface area contributed by atoms with Gasteiger partial charge in [-0.25, -0.2) is 4.98 Å². The second-order valence-corrected chi connectivity index (χ2v) is 6.49. The molecule has 0 aliphatic heterocycles. The molecule has 0 saturated heterocycles. The molecule has 0 aromatic carbocycles. The zero-order valence-electron chi connectivity index (χ0n) is 9.64. The number of aromatic nitrogens is 2. The van der Waals surface area contributed by atoms with Gasteiger partial charge in [-0.3, -0.25) is 0 Å². The first-order chi connectivity index (χ1) is 8.20. The molecular weight excluding hydrogens is 300 g/mol. The van der Waals surface area contributed by atoms with E-state index in [2.05, 4.69) is 27.8 Å². The highest BCUT2D eigenvalue weighted by molar-refractivity contribution is 9.11. The average Bonchev–Trinajstić information content (AvgIpc) is 2.88. The summed E-state index contributed by atoms with van der Waals surface area (Å²) < 4.78 is 3.12.